The van der Waals surface area contributed by atoms with Crippen LogP contribution >= 0.6 is 0 Å². The molecule has 17 heavy (non-hydrogen) atoms. The van der Waals surface area contributed by atoms with Crippen molar-refractivity contribution in [3.63, 3.8) is 0 Å². The standard InChI is InChI=1S/C10H10F3NO3/c1-16-7(15)3-5-6(11)4-14-10(17-2)8(5)9(12)13/h4,9H,3H2,1-2H3. The molecule has 0 fully saturated rings. The molecule has 0 aliphatic heterocycles. The highest BCUT2D eigenvalue weighted by Crippen LogP contribution is 2.32. The first kappa shape index (κ1) is 13.3. The van der Waals surface area contributed by atoms with E-state index in [2.05, 4.69) is 14.5 Å². The van der Waals surface area contributed by atoms with Gasteiger partial charge in [-0.1, -0.05) is 0 Å². The van der Waals surface area contributed by atoms with E-state index in [9.17, 15) is 18.0 Å². The number of methoxy groups -OCH3 is 2. The Morgan fingerprint density at radius 3 is 2.59 bits per heavy atom. The van der Waals surface area contributed by atoms with Gasteiger partial charge in [0.05, 0.1) is 32.4 Å². The molecule has 4 nitrogen and oxygen atoms in total. The van der Waals surface area contributed by atoms with Crippen LogP contribution in [0.4, 0.5) is 13.2 Å². The first-order chi connectivity index (χ1) is 8.01. The van der Waals surface area contributed by atoms with E-state index < -0.39 is 41.6 Å². The van der Waals surface area contributed by atoms with Crippen molar-refractivity contribution in [3.8, 4) is 5.88 Å². The summed E-state index contributed by atoms with van der Waals surface area (Å²) in [5.41, 5.74) is -1.18. The number of carbonyl (C=O) groups excluding carboxylic acids is 1. The molecule has 0 aromatic carbocycles. The van der Waals surface area contributed by atoms with Crippen molar-refractivity contribution in [1.82, 2.24) is 4.98 Å². The van der Waals surface area contributed by atoms with Gasteiger partial charge >= 0.3 is 5.97 Å². The molecule has 0 bridgehead atoms. The van der Waals surface area contributed by atoms with E-state index in [1.165, 1.54) is 0 Å². The largest absolute Gasteiger partial charge is 0.481 e. The van der Waals surface area contributed by atoms with Crippen molar-refractivity contribution in [1.29, 1.82) is 0 Å². The second-order valence-electron chi connectivity index (χ2n) is 3.06. The Morgan fingerprint density at radius 2 is 2.12 bits per heavy atom. The molecule has 0 radical (unpaired) electrons. The highest BCUT2D eigenvalue weighted by Gasteiger charge is 2.25. The lowest BCUT2D eigenvalue weighted by Gasteiger charge is -2.12. The van der Waals surface area contributed by atoms with Crippen molar-refractivity contribution in [2.75, 3.05) is 14.2 Å². The molecule has 0 aliphatic rings. The number of hydrogen-bond acceptors (Lipinski definition) is 4. The summed E-state index contributed by atoms with van der Waals surface area (Å²) in [5, 5.41) is 0. The zero-order valence-corrected chi connectivity index (χ0v) is 9.17. The minimum atomic E-state index is -2.99. The third-order valence-corrected chi connectivity index (χ3v) is 2.10. The van der Waals surface area contributed by atoms with Crippen molar-refractivity contribution in [3.05, 3.63) is 23.1 Å². The molecule has 0 unspecified atom stereocenters. The second kappa shape index (κ2) is 5.51. The summed E-state index contributed by atoms with van der Waals surface area (Å²) in [6.45, 7) is 0. The number of alkyl halides is 2. The summed E-state index contributed by atoms with van der Waals surface area (Å²) in [7, 11) is 2.22. The van der Waals surface area contributed by atoms with Gasteiger partial charge in [-0.05, 0) is 0 Å². The Hall–Kier alpha value is -1.79. The molecule has 1 aromatic heterocycles. The van der Waals surface area contributed by atoms with Gasteiger partial charge in [0.15, 0.2) is 0 Å². The Morgan fingerprint density at radius 1 is 1.47 bits per heavy atom. The van der Waals surface area contributed by atoms with Gasteiger partial charge in [0.2, 0.25) is 5.88 Å². The third-order valence-electron chi connectivity index (χ3n) is 2.10. The molecule has 94 valence electrons. The summed E-state index contributed by atoms with van der Waals surface area (Å²) in [5.74, 6) is -2.22. The molecular formula is C10H10F3NO3. The van der Waals surface area contributed by atoms with E-state index in [-0.39, 0.29) is 0 Å². The molecule has 0 aliphatic carbocycles. The molecule has 1 heterocycles. The summed E-state index contributed by atoms with van der Waals surface area (Å²) in [6.07, 6.45) is -2.86. The van der Waals surface area contributed by atoms with Crippen molar-refractivity contribution >= 4 is 5.97 Å². The number of carbonyl (C=O) groups is 1. The fourth-order valence-corrected chi connectivity index (χ4v) is 1.30. The predicted molar refractivity (Wildman–Crippen MR) is 51.4 cm³/mol. The Balaban J connectivity index is 3.28. The van der Waals surface area contributed by atoms with Crippen LogP contribution in [0.5, 0.6) is 5.88 Å². The van der Waals surface area contributed by atoms with Crippen LogP contribution in [0.1, 0.15) is 17.6 Å². The van der Waals surface area contributed by atoms with E-state index in [1.807, 2.05) is 0 Å². The lowest BCUT2D eigenvalue weighted by molar-refractivity contribution is -0.139. The average Bonchev–Trinajstić information content (AvgIpc) is 2.30. The van der Waals surface area contributed by atoms with Gasteiger partial charge in [-0.3, -0.25) is 4.79 Å². The van der Waals surface area contributed by atoms with E-state index >= 15 is 0 Å². The Kier molecular flexibility index (Phi) is 4.30. The maximum atomic E-state index is 13.4. The topological polar surface area (TPSA) is 48.4 Å². The molecule has 0 atom stereocenters. The number of aromatic nitrogens is 1. The van der Waals surface area contributed by atoms with E-state index in [4.69, 9.17) is 0 Å². The maximum Gasteiger partial charge on any atom is 0.310 e. The highest BCUT2D eigenvalue weighted by molar-refractivity contribution is 5.73. The quantitative estimate of drug-likeness (QED) is 0.764. The molecule has 1 aromatic rings. The molecule has 1 rings (SSSR count). The molecule has 0 saturated heterocycles. The lowest BCUT2D eigenvalue weighted by atomic mass is 10.1. The normalized spacial score (nSPS) is 10.5. The first-order valence-electron chi connectivity index (χ1n) is 4.57. The van der Waals surface area contributed by atoms with Gasteiger partial charge in [-0.15, -0.1) is 0 Å². The lowest BCUT2D eigenvalue weighted by Crippen LogP contribution is -2.11. The summed E-state index contributed by atoms with van der Waals surface area (Å²) in [4.78, 5) is 14.4. The number of hydrogen-bond donors (Lipinski definition) is 0. The van der Waals surface area contributed by atoms with Crippen molar-refractivity contribution < 1.29 is 27.4 Å². The number of esters is 1. The molecule has 0 spiro atoms. The van der Waals surface area contributed by atoms with Crippen LogP contribution in [0.2, 0.25) is 0 Å². The fourth-order valence-electron chi connectivity index (χ4n) is 1.30. The van der Waals surface area contributed by atoms with Gasteiger partial charge in [-0.2, -0.15) is 0 Å². The number of ether oxygens (including phenoxy) is 2. The summed E-state index contributed by atoms with van der Waals surface area (Å²) < 4.78 is 47.8. The monoisotopic (exact) mass is 249 g/mol. The van der Waals surface area contributed by atoms with Crippen molar-refractivity contribution in [2.45, 2.75) is 12.8 Å². The number of halogens is 3. The SMILES string of the molecule is COC(=O)Cc1c(F)cnc(OC)c1C(F)F. The first-order valence-corrected chi connectivity index (χ1v) is 4.57. The zero-order chi connectivity index (χ0) is 13.0. The molecule has 0 amide bonds. The van der Waals surface area contributed by atoms with E-state index in [1.54, 1.807) is 0 Å². The Labute approximate surface area is 95.4 Å². The number of nitrogens with zero attached hydrogens (tertiary/aromatic N) is 1. The molecule has 0 N–H and O–H groups in total. The highest BCUT2D eigenvalue weighted by atomic mass is 19.3. The van der Waals surface area contributed by atoms with Crippen molar-refractivity contribution in [2.24, 2.45) is 0 Å². The number of rotatable bonds is 4. The van der Waals surface area contributed by atoms with Crippen LogP contribution in [0.25, 0.3) is 0 Å². The van der Waals surface area contributed by atoms with E-state index in [0.717, 1.165) is 20.4 Å². The zero-order valence-electron chi connectivity index (χ0n) is 9.17. The van der Waals surface area contributed by atoms with Gasteiger partial charge < -0.3 is 9.47 Å². The average molecular weight is 249 g/mol. The summed E-state index contributed by atoms with van der Waals surface area (Å²) in [6, 6.07) is 0. The molecular weight excluding hydrogens is 239 g/mol. The van der Waals surface area contributed by atoms with Gasteiger partial charge in [0.25, 0.3) is 6.43 Å². The number of pyridine rings is 1. The van der Waals surface area contributed by atoms with Crippen LogP contribution in [0, 0.1) is 5.82 Å². The van der Waals surface area contributed by atoms with E-state index in [0.29, 0.717) is 0 Å². The smallest absolute Gasteiger partial charge is 0.310 e. The Bertz CT molecular complexity index is 424. The van der Waals surface area contributed by atoms with Gasteiger partial charge in [0, 0.05) is 5.56 Å². The van der Waals surface area contributed by atoms with Crippen LogP contribution in [-0.2, 0) is 16.0 Å². The third kappa shape index (κ3) is 2.86. The minimum Gasteiger partial charge on any atom is -0.481 e. The van der Waals surface area contributed by atoms with Gasteiger partial charge in [0.1, 0.15) is 5.82 Å². The summed E-state index contributed by atoms with van der Waals surface area (Å²) >= 11 is 0. The predicted octanol–water partition coefficient (Wildman–Crippen LogP) is 1.88. The van der Waals surface area contributed by atoms with Crippen LogP contribution in [0.3, 0.4) is 0 Å². The molecule has 7 heteroatoms. The maximum absolute atomic E-state index is 13.4. The van der Waals surface area contributed by atoms with Crippen LogP contribution < -0.4 is 4.74 Å². The minimum absolute atomic E-state index is 0.402. The van der Waals surface area contributed by atoms with Crippen LogP contribution in [0.15, 0.2) is 6.20 Å². The fraction of sp³-hybridized carbons (Fsp3) is 0.400. The molecule has 0 saturated carbocycles. The second-order valence-corrected chi connectivity index (χ2v) is 3.06. The van der Waals surface area contributed by atoms with Crippen LogP contribution in [-0.4, -0.2) is 25.2 Å². The van der Waals surface area contributed by atoms with Gasteiger partial charge in [-0.25, -0.2) is 18.2 Å².